The van der Waals surface area contributed by atoms with E-state index < -0.39 is 0 Å². The predicted octanol–water partition coefficient (Wildman–Crippen LogP) is 2.26. The van der Waals surface area contributed by atoms with Crippen LogP contribution in [0.2, 0.25) is 0 Å². The van der Waals surface area contributed by atoms with Crippen molar-refractivity contribution in [2.45, 2.75) is 33.1 Å². The largest absolute Gasteiger partial charge is 0.469 e. The van der Waals surface area contributed by atoms with E-state index in [4.69, 9.17) is 0 Å². The highest BCUT2D eigenvalue weighted by molar-refractivity contribution is 5.79. The van der Waals surface area contributed by atoms with Gasteiger partial charge in [-0.25, -0.2) is 0 Å². The van der Waals surface area contributed by atoms with E-state index in [0.29, 0.717) is 25.8 Å². The number of hydrogen-bond acceptors (Lipinski definition) is 3. The van der Waals surface area contributed by atoms with Gasteiger partial charge in [-0.1, -0.05) is 23.8 Å². The number of methoxy groups -OCH3 is 1. The molecule has 0 aromatic heterocycles. The van der Waals surface area contributed by atoms with Crippen LogP contribution >= 0.6 is 0 Å². The number of carbonyl (C=O) groups excluding carboxylic acids is 2. The van der Waals surface area contributed by atoms with Crippen molar-refractivity contribution in [2.75, 3.05) is 20.7 Å². The maximum absolute atomic E-state index is 12.1. The molecule has 0 heterocycles. The quantitative estimate of drug-likeness (QED) is 0.749. The molecule has 0 fully saturated rings. The molecule has 0 aliphatic heterocycles. The van der Waals surface area contributed by atoms with Crippen molar-refractivity contribution in [3.8, 4) is 0 Å². The van der Waals surface area contributed by atoms with Gasteiger partial charge in [0.2, 0.25) is 5.91 Å². The van der Waals surface area contributed by atoms with E-state index in [9.17, 15) is 9.59 Å². The summed E-state index contributed by atoms with van der Waals surface area (Å²) in [6.45, 7) is 4.60. The summed E-state index contributed by atoms with van der Waals surface area (Å²) >= 11 is 0. The normalized spacial score (nSPS) is 10.2. The number of aryl methyl sites for hydroxylation is 2. The Morgan fingerprint density at radius 3 is 2.60 bits per heavy atom. The number of benzene rings is 1. The third kappa shape index (κ3) is 5.03. The first-order chi connectivity index (χ1) is 9.43. The number of nitrogens with zero attached hydrogens (tertiary/aromatic N) is 1. The standard InChI is InChI=1S/C16H23NO3/c1-12-7-8-13(2)14(10-12)11-15(18)17(3)9-5-6-16(19)20-4/h7-8,10H,5-6,9,11H2,1-4H3. The van der Waals surface area contributed by atoms with Gasteiger partial charge in [-0.15, -0.1) is 0 Å². The lowest BCUT2D eigenvalue weighted by atomic mass is 10.0. The van der Waals surface area contributed by atoms with Crippen LogP contribution < -0.4 is 0 Å². The fourth-order valence-corrected chi connectivity index (χ4v) is 1.98. The van der Waals surface area contributed by atoms with Crippen LogP contribution in [-0.2, 0) is 20.7 Å². The molecule has 110 valence electrons. The molecule has 4 heteroatoms. The molecule has 0 radical (unpaired) electrons. The number of carbonyl (C=O) groups is 2. The van der Waals surface area contributed by atoms with E-state index >= 15 is 0 Å². The molecule has 1 rings (SSSR count). The van der Waals surface area contributed by atoms with Crippen molar-refractivity contribution in [1.29, 1.82) is 0 Å². The van der Waals surface area contributed by atoms with Gasteiger partial charge in [-0.3, -0.25) is 9.59 Å². The summed E-state index contributed by atoms with van der Waals surface area (Å²) in [5, 5.41) is 0. The van der Waals surface area contributed by atoms with Crippen molar-refractivity contribution in [2.24, 2.45) is 0 Å². The van der Waals surface area contributed by atoms with Gasteiger partial charge in [0.05, 0.1) is 13.5 Å². The van der Waals surface area contributed by atoms with Crippen molar-refractivity contribution in [3.63, 3.8) is 0 Å². The highest BCUT2D eigenvalue weighted by Gasteiger charge is 2.12. The number of rotatable bonds is 6. The Bertz CT molecular complexity index is 483. The van der Waals surface area contributed by atoms with Crippen LogP contribution in [0.3, 0.4) is 0 Å². The summed E-state index contributed by atoms with van der Waals surface area (Å²) in [4.78, 5) is 24.8. The van der Waals surface area contributed by atoms with E-state index in [2.05, 4.69) is 10.8 Å². The minimum absolute atomic E-state index is 0.0727. The first kappa shape index (κ1) is 16.2. The smallest absolute Gasteiger partial charge is 0.305 e. The minimum atomic E-state index is -0.236. The van der Waals surface area contributed by atoms with E-state index in [1.165, 1.54) is 7.11 Å². The first-order valence-electron chi connectivity index (χ1n) is 6.81. The average molecular weight is 277 g/mol. The molecule has 0 bridgehead atoms. The molecule has 1 aromatic rings. The Morgan fingerprint density at radius 2 is 1.95 bits per heavy atom. The molecular weight excluding hydrogens is 254 g/mol. The van der Waals surface area contributed by atoms with Crippen LogP contribution in [0.5, 0.6) is 0 Å². The lowest BCUT2D eigenvalue weighted by Crippen LogP contribution is -2.29. The lowest BCUT2D eigenvalue weighted by Gasteiger charge is -2.17. The first-order valence-corrected chi connectivity index (χ1v) is 6.81. The number of amides is 1. The molecule has 1 amide bonds. The van der Waals surface area contributed by atoms with Crippen LogP contribution in [0, 0.1) is 13.8 Å². The molecule has 0 spiro atoms. The number of likely N-dealkylation sites (N-methyl/N-ethyl adjacent to an activating group) is 1. The lowest BCUT2D eigenvalue weighted by molar-refractivity contribution is -0.141. The maximum Gasteiger partial charge on any atom is 0.305 e. The second-order valence-electron chi connectivity index (χ2n) is 5.10. The summed E-state index contributed by atoms with van der Waals surface area (Å²) in [5.74, 6) is -0.163. The molecule has 0 saturated carbocycles. The average Bonchev–Trinajstić information content (AvgIpc) is 2.42. The molecule has 20 heavy (non-hydrogen) atoms. The number of hydrogen-bond donors (Lipinski definition) is 0. The molecule has 1 aromatic carbocycles. The van der Waals surface area contributed by atoms with E-state index in [0.717, 1.165) is 16.7 Å². The van der Waals surface area contributed by atoms with Crippen LogP contribution in [0.15, 0.2) is 18.2 Å². The van der Waals surface area contributed by atoms with Gasteiger partial charge in [0.25, 0.3) is 0 Å². The number of ether oxygens (including phenoxy) is 1. The highest BCUT2D eigenvalue weighted by atomic mass is 16.5. The summed E-state index contributed by atoms with van der Waals surface area (Å²) in [6.07, 6.45) is 1.38. The highest BCUT2D eigenvalue weighted by Crippen LogP contribution is 2.12. The van der Waals surface area contributed by atoms with E-state index in [1.807, 2.05) is 26.0 Å². The van der Waals surface area contributed by atoms with Crippen molar-refractivity contribution < 1.29 is 14.3 Å². The van der Waals surface area contributed by atoms with Crippen molar-refractivity contribution in [3.05, 3.63) is 34.9 Å². The fourth-order valence-electron chi connectivity index (χ4n) is 1.98. The minimum Gasteiger partial charge on any atom is -0.469 e. The molecule has 0 aliphatic carbocycles. The zero-order valence-electron chi connectivity index (χ0n) is 12.7. The van der Waals surface area contributed by atoms with Gasteiger partial charge in [0.15, 0.2) is 0 Å². The van der Waals surface area contributed by atoms with Gasteiger partial charge in [0, 0.05) is 20.0 Å². The van der Waals surface area contributed by atoms with Gasteiger partial charge >= 0.3 is 5.97 Å². The molecular formula is C16H23NO3. The van der Waals surface area contributed by atoms with Gasteiger partial charge in [-0.05, 0) is 31.4 Å². The summed E-state index contributed by atoms with van der Waals surface area (Å²) < 4.78 is 4.57. The Balaban J connectivity index is 2.49. The third-order valence-corrected chi connectivity index (χ3v) is 3.37. The molecule has 0 aliphatic rings. The van der Waals surface area contributed by atoms with Crippen LogP contribution in [0.1, 0.15) is 29.5 Å². The molecule has 4 nitrogen and oxygen atoms in total. The Labute approximate surface area is 120 Å². The Morgan fingerprint density at radius 1 is 1.25 bits per heavy atom. The Kier molecular flexibility index (Phi) is 6.22. The molecule has 0 saturated heterocycles. The van der Waals surface area contributed by atoms with Gasteiger partial charge in [-0.2, -0.15) is 0 Å². The SMILES string of the molecule is COC(=O)CCCN(C)C(=O)Cc1cc(C)ccc1C. The summed E-state index contributed by atoms with van der Waals surface area (Å²) in [7, 11) is 3.14. The zero-order valence-corrected chi connectivity index (χ0v) is 12.7. The summed E-state index contributed by atoms with van der Waals surface area (Å²) in [5.41, 5.74) is 3.36. The van der Waals surface area contributed by atoms with Crippen LogP contribution in [0.25, 0.3) is 0 Å². The van der Waals surface area contributed by atoms with Crippen molar-refractivity contribution >= 4 is 11.9 Å². The molecule has 0 unspecified atom stereocenters. The fraction of sp³-hybridized carbons (Fsp3) is 0.500. The van der Waals surface area contributed by atoms with E-state index in [1.54, 1.807) is 11.9 Å². The summed E-state index contributed by atoms with van der Waals surface area (Å²) in [6, 6.07) is 6.13. The van der Waals surface area contributed by atoms with E-state index in [-0.39, 0.29) is 11.9 Å². The maximum atomic E-state index is 12.1. The van der Waals surface area contributed by atoms with Gasteiger partial charge in [0.1, 0.15) is 0 Å². The second-order valence-corrected chi connectivity index (χ2v) is 5.10. The zero-order chi connectivity index (χ0) is 15.1. The second kappa shape index (κ2) is 7.68. The third-order valence-electron chi connectivity index (χ3n) is 3.37. The van der Waals surface area contributed by atoms with Gasteiger partial charge < -0.3 is 9.64 Å². The number of esters is 1. The predicted molar refractivity (Wildman–Crippen MR) is 78.5 cm³/mol. The molecule has 0 atom stereocenters. The van der Waals surface area contributed by atoms with Crippen LogP contribution in [-0.4, -0.2) is 37.5 Å². The Hall–Kier alpha value is -1.84. The molecule has 0 N–H and O–H groups in total. The van der Waals surface area contributed by atoms with Crippen LogP contribution in [0.4, 0.5) is 0 Å². The van der Waals surface area contributed by atoms with Crippen molar-refractivity contribution in [1.82, 2.24) is 4.90 Å². The monoisotopic (exact) mass is 277 g/mol. The topological polar surface area (TPSA) is 46.6 Å².